The summed E-state index contributed by atoms with van der Waals surface area (Å²) < 4.78 is 34.4. The summed E-state index contributed by atoms with van der Waals surface area (Å²) in [6, 6.07) is 0. The molecular formula is C66H111NO8P+. The summed E-state index contributed by atoms with van der Waals surface area (Å²) in [5, 5.41) is 0. The third-order valence-electron chi connectivity index (χ3n) is 12.2. The molecular weight excluding hydrogens is 966 g/mol. The lowest BCUT2D eigenvalue weighted by molar-refractivity contribution is -0.870. The van der Waals surface area contributed by atoms with E-state index in [4.69, 9.17) is 18.5 Å². The molecule has 0 aromatic heterocycles. The van der Waals surface area contributed by atoms with Crippen LogP contribution in [0, 0.1) is 0 Å². The van der Waals surface area contributed by atoms with Crippen molar-refractivity contribution in [3.63, 3.8) is 0 Å². The first-order chi connectivity index (χ1) is 37.0. The Labute approximate surface area is 466 Å². The molecule has 0 radical (unpaired) electrons. The fraction of sp³-hybridized carbons (Fsp3) is 0.636. The molecule has 0 aliphatic carbocycles. The van der Waals surface area contributed by atoms with E-state index < -0.39 is 32.5 Å². The van der Waals surface area contributed by atoms with Gasteiger partial charge in [-0.15, -0.1) is 0 Å². The first-order valence-corrected chi connectivity index (χ1v) is 31.4. The first-order valence-electron chi connectivity index (χ1n) is 29.9. The van der Waals surface area contributed by atoms with Crippen molar-refractivity contribution in [3.05, 3.63) is 134 Å². The third-order valence-corrected chi connectivity index (χ3v) is 13.2. The van der Waals surface area contributed by atoms with Crippen LogP contribution in [0.3, 0.4) is 0 Å². The van der Waals surface area contributed by atoms with E-state index in [-0.39, 0.29) is 26.1 Å². The average molecular weight is 1080 g/mol. The molecule has 1 N–H and O–H groups in total. The van der Waals surface area contributed by atoms with Gasteiger partial charge in [0.15, 0.2) is 6.10 Å². The molecule has 0 aliphatic rings. The van der Waals surface area contributed by atoms with Gasteiger partial charge in [-0.05, 0) is 96.3 Å². The number of quaternary nitrogens is 1. The molecule has 0 heterocycles. The Morgan fingerprint density at radius 2 is 0.737 bits per heavy atom. The monoisotopic (exact) mass is 1080 g/mol. The van der Waals surface area contributed by atoms with E-state index in [2.05, 4.69) is 135 Å². The molecule has 0 rings (SSSR count). The van der Waals surface area contributed by atoms with E-state index in [1.54, 1.807) is 0 Å². The molecule has 2 unspecified atom stereocenters. The number of allylic oxidation sites excluding steroid dienone is 22. The molecule has 76 heavy (non-hydrogen) atoms. The van der Waals surface area contributed by atoms with Crippen molar-refractivity contribution in [2.24, 2.45) is 0 Å². The summed E-state index contributed by atoms with van der Waals surface area (Å²) in [5.74, 6) is -0.901. The lowest BCUT2D eigenvalue weighted by Gasteiger charge is -2.24. The van der Waals surface area contributed by atoms with Gasteiger partial charge in [0, 0.05) is 12.8 Å². The van der Waals surface area contributed by atoms with Crippen LogP contribution >= 0.6 is 7.82 Å². The molecule has 2 atom stereocenters. The number of hydrogen-bond acceptors (Lipinski definition) is 7. The molecule has 10 heteroatoms. The third kappa shape index (κ3) is 59.4. The van der Waals surface area contributed by atoms with Gasteiger partial charge in [0.25, 0.3) is 0 Å². The molecule has 9 nitrogen and oxygen atoms in total. The summed E-state index contributed by atoms with van der Waals surface area (Å²) >= 11 is 0. The lowest BCUT2D eigenvalue weighted by atomic mass is 10.0. The maximum atomic E-state index is 12.8. The van der Waals surface area contributed by atoms with E-state index in [0.29, 0.717) is 17.4 Å². The first kappa shape index (κ1) is 72.2. The van der Waals surface area contributed by atoms with Gasteiger partial charge in [0.05, 0.1) is 27.7 Å². The molecule has 0 saturated heterocycles. The Balaban J connectivity index is 4.15. The van der Waals surface area contributed by atoms with Crippen molar-refractivity contribution in [2.45, 2.75) is 225 Å². The van der Waals surface area contributed by atoms with Crippen molar-refractivity contribution < 1.29 is 42.1 Å². The normalized spacial score (nSPS) is 14.2. The minimum absolute atomic E-state index is 0.0121. The van der Waals surface area contributed by atoms with E-state index in [9.17, 15) is 19.0 Å². The highest BCUT2D eigenvalue weighted by molar-refractivity contribution is 7.47. The van der Waals surface area contributed by atoms with Crippen LogP contribution in [0.4, 0.5) is 0 Å². The molecule has 0 saturated carbocycles. The van der Waals surface area contributed by atoms with Crippen LogP contribution in [-0.2, 0) is 32.7 Å². The maximum Gasteiger partial charge on any atom is 0.472 e. The zero-order valence-corrected chi connectivity index (χ0v) is 49.8. The molecule has 0 aromatic rings. The minimum atomic E-state index is -4.41. The Morgan fingerprint density at radius 3 is 1.11 bits per heavy atom. The van der Waals surface area contributed by atoms with Gasteiger partial charge in [-0.1, -0.05) is 244 Å². The van der Waals surface area contributed by atoms with Crippen LogP contribution in [0.15, 0.2) is 134 Å². The number of hydrogen-bond donors (Lipinski definition) is 1. The Kier molecular flexibility index (Phi) is 53.1. The second-order valence-electron chi connectivity index (χ2n) is 20.6. The van der Waals surface area contributed by atoms with Gasteiger partial charge in [-0.25, -0.2) is 4.57 Å². The van der Waals surface area contributed by atoms with Crippen LogP contribution in [-0.4, -0.2) is 74.9 Å². The van der Waals surface area contributed by atoms with E-state index in [1.807, 2.05) is 33.3 Å². The number of phosphoric acid groups is 1. The van der Waals surface area contributed by atoms with E-state index >= 15 is 0 Å². The number of phosphoric ester groups is 1. The fourth-order valence-electron chi connectivity index (χ4n) is 7.66. The van der Waals surface area contributed by atoms with Gasteiger partial charge < -0.3 is 18.9 Å². The van der Waals surface area contributed by atoms with Gasteiger partial charge in [-0.3, -0.25) is 18.6 Å². The van der Waals surface area contributed by atoms with E-state index in [0.717, 1.165) is 89.9 Å². The number of esters is 2. The van der Waals surface area contributed by atoms with Crippen molar-refractivity contribution >= 4 is 19.8 Å². The van der Waals surface area contributed by atoms with Gasteiger partial charge in [0.1, 0.15) is 19.8 Å². The smallest absolute Gasteiger partial charge is 0.462 e. The van der Waals surface area contributed by atoms with Crippen molar-refractivity contribution in [1.82, 2.24) is 0 Å². The van der Waals surface area contributed by atoms with E-state index in [1.165, 1.54) is 96.3 Å². The topological polar surface area (TPSA) is 108 Å². The summed E-state index contributed by atoms with van der Waals surface area (Å²) in [5.41, 5.74) is 0. The number of likely N-dealkylation sites (N-methyl/N-ethyl adjacent to an activating group) is 1. The number of carbonyl (C=O) groups excluding carboxylic acids is 2. The molecule has 0 amide bonds. The second kappa shape index (κ2) is 55.9. The molecule has 0 aliphatic heterocycles. The van der Waals surface area contributed by atoms with Crippen molar-refractivity contribution in [3.8, 4) is 0 Å². The zero-order valence-electron chi connectivity index (χ0n) is 48.9. The van der Waals surface area contributed by atoms with Crippen LogP contribution in [0.25, 0.3) is 0 Å². The Bertz CT molecular complexity index is 1740. The Hall–Kier alpha value is -3.85. The lowest BCUT2D eigenvalue weighted by Crippen LogP contribution is -2.37. The van der Waals surface area contributed by atoms with Crippen LogP contribution in [0.1, 0.15) is 219 Å². The minimum Gasteiger partial charge on any atom is -0.462 e. The second-order valence-corrected chi connectivity index (χ2v) is 22.1. The molecule has 0 fully saturated rings. The molecule has 0 aromatic carbocycles. The predicted molar refractivity (Wildman–Crippen MR) is 325 cm³/mol. The highest BCUT2D eigenvalue weighted by atomic mass is 31.2. The number of carbonyl (C=O) groups is 2. The van der Waals surface area contributed by atoms with Crippen LogP contribution < -0.4 is 0 Å². The number of rotatable bonds is 53. The van der Waals surface area contributed by atoms with Gasteiger partial charge >= 0.3 is 19.8 Å². The largest absolute Gasteiger partial charge is 0.472 e. The van der Waals surface area contributed by atoms with Crippen LogP contribution in [0.5, 0.6) is 0 Å². The number of ether oxygens (including phenoxy) is 2. The van der Waals surface area contributed by atoms with Crippen molar-refractivity contribution in [2.75, 3.05) is 47.5 Å². The molecule has 0 bridgehead atoms. The summed E-state index contributed by atoms with van der Waals surface area (Å²) in [4.78, 5) is 35.6. The number of nitrogens with zero attached hydrogens (tertiary/aromatic N) is 1. The summed E-state index contributed by atoms with van der Waals surface area (Å²) in [6.45, 7) is 4.11. The highest BCUT2D eigenvalue weighted by Crippen LogP contribution is 2.43. The van der Waals surface area contributed by atoms with Crippen molar-refractivity contribution in [1.29, 1.82) is 0 Å². The highest BCUT2D eigenvalue weighted by Gasteiger charge is 2.27. The molecule has 432 valence electrons. The van der Waals surface area contributed by atoms with Crippen LogP contribution in [0.2, 0.25) is 0 Å². The zero-order chi connectivity index (χ0) is 55.6. The SMILES string of the molecule is CC/C=C\C/C=C\C/C=C\C/C=C\C/C=C\C/C=C\CCC(=O)OC(COC(=O)CCCCCCCCCCCCCCCCCCC/C=C\C/C=C\C/C=C\C/C=C\C/C=C\CC)COP(=O)(O)OCC[N+](C)(C)C. The molecule has 0 spiro atoms. The number of unbranched alkanes of at least 4 members (excludes halogenated alkanes) is 17. The average Bonchev–Trinajstić information content (AvgIpc) is 3.38. The standard InChI is InChI=1S/C66H110NO8P/c1-6-8-10-12-14-16-18-20-22-24-26-27-28-29-30-31-32-33-34-35-36-37-38-39-41-42-44-46-48-50-52-54-56-58-65(68)72-62-64(63-74-76(70,71)73-61-60-67(3,4)5)75-66(69)59-57-55-53-51-49-47-45-43-40-25-23-21-19-17-15-13-11-9-7-2/h8-11,14-17,20-23,26-27,29-30,40,43,47,49,53,55,64H,6-7,12-13,18-19,24-25,28,31-39,41-42,44-46,48,50-52,54,56-63H2,1-5H3/p+1/b10-8-,11-9-,16-14-,17-15-,22-20-,23-21-,27-26-,30-29-,43-40-,49-47-,55-53-. The maximum absolute atomic E-state index is 12.8. The fourth-order valence-corrected chi connectivity index (χ4v) is 8.40. The van der Waals surface area contributed by atoms with Gasteiger partial charge in [0.2, 0.25) is 0 Å². The predicted octanol–water partition coefficient (Wildman–Crippen LogP) is 18.9. The summed E-state index contributed by atoms with van der Waals surface area (Å²) in [6.07, 6.45) is 81.3. The quantitative estimate of drug-likeness (QED) is 0.0211. The summed E-state index contributed by atoms with van der Waals surface area (Å²) in [7, 11) is 1.42. The van der Waals surface area contributed by atoms with Gasteiger partial charge in [-0.2, -0.15) is 0 Å². The Morgan fingerprint density at radius 1 is 0.408 bits per heavy atom.